The van der Waals surface area contributed by atoms with Crippen LogP contribution in [0.1, 0.15) is 5.56 Å². The van der Waals surface area contributed by atoms with Crippen molar-refractivity contribution in [2.45, 2.75) is 0 Å². The molecule has 0 aliphatic rings. The molecular formula is C13H10ClNO3. The molecule has 0 aliphatic heterocycles. The minimum atomic E-state index is 0.0551. The van der Waals surface area contributed by atoms with Crippen molar-refractivity contribution >= 4 is 17.8 Å². The molecule has 0 aliphatic carbocycles. The predicted molar refractivity (Wildman–Crippen MR) is 69.5 cm³/mol. The lowest BCUT2D eigenvalue weighted by molar-refractivity contribution is 0.314. The highest BCUT2D eigenvalue weighted by molar-refractivity contribution is 6.32. The normalized spacial score (nSPS) is 9.72. The van der Waals surface area contributed by atoms with Gasteiger partial charge in [-0.2, -0.15) is 0 Å². The van der Waals surface area contributed by atoms with E-state index in [1.807, 2.05) is 0 Å². The number of benzene rings is 1. The van der Waals surface area contributed by atoms with Crippen molar-refractivity contribution in [1.29, 1.82) is 0 Å². The Labute approximate surface area is 110 Å². The van der Waals surface area contributed by atoms with Gasteiger partial charge in [-0.3, -0.25) is 0 Å². The molecule has 0 atom stereocenters. The Kier molecular flexibility index (Phi) is 5.44. The summed E-state index contributed by atoms with van der Waals surface area (Å²) in [6.07, 6.45) is 11.4. The molecule has 1 aromatic rings. The maximum atomic E-state index is 8.48. The largest absolute Gasteiger partial charge is 0.477 e. The Balaban J connectivity index is 3.13. The van der Waals surface area contributed by atoms with Gasteiger partial charge in [-0.05, 0) is 12.1 Å². The van der Waals surface area contributed by atoms with E-state index in [2.05, 4.69) is 17.0 Å². The molecule has 1 rings (SSSR count). The van der Waals surface area contributed by atoms with Crippen molar-refractivity contribution < 1.29 is 14.7 Å². The smallest absolute Gasteiger partial charge is 0.181 e. The summed E-state index contributed by atoms with van der Waals surface area (Å²) in [7, 11) is 0. The first-order valence-electron chi connectivity index (χ1n) is 4.86. The van der Waals surface area contributed by atoms with E-state index in [1.54, 1.807) is 12.1 Å². The first-order chi connectivity index (χ1) is 8.72. The molecule has 92 valence electrons. The number of terminal acetylenes is 2. The standard InChI is InChI=1S/C13H10ClNO3/c1-3-5-17-12-8-10(9-15-16)7-11(14)13(12)18-6-4-2/h1-2,7-9,16H,5-6H2. The van der Waals surface area contributed by atoms with Crippen LogP contribution in [0.2, 0.25) is 5.02 Å². The highest BCUT2D eigenvalue weighted by atomic mass is 35.5. The molecule has 0 saturated heterocycles. The van der Waals surface area contributed by atoms with Gasteiger partial charge in [-0.15, -0.1) is 12.8 Å². The van der Waals surface area contributed by atoms with Gasteiger partial charge in [0.25, 0.3) is 0 Å². The lowest BCUT2D eigenvalue weighted by Crippen LogP contribution is -2.01. The number of ether oxygens (including phenoxy) is 2. The van der Waals surface area contributed by atoms with Crippen LogP contribution in [0.3, 0.4) is 0 Å². The van der Waals surface area contributed by atoms with Crippen molar-refractivity contribution in [1.82, 2.24) is 0 Å². The van der Waals surface area contributed by atoms with Crippen LogP contribution >= 0.6 is 11.6 Å². The molecule has 4 nitrogen and oxygen atoms in total. The predicted octanol–water partition coefficient (Wildman–Crippen LogP) is 2.17. The minimum Gasteiger partial charge on any atom is -0.477 e. The Morgan fingerprint density at radius 3 is 2.56 bits per heavy atom. The van der Waals surface area contributed by atoms with Crippen molar-refractivity contribution in [2.75, 3.05) is 13.2 Å². The third-order valence-corrected chi connectivity index (χ3v) is 2.13. The summed E-state index contributed by atoms with van der Waals surface area (Å²) in [6, 6.07) is 3.13. The number of rotatable bonds is 5. The molecule has 18 heavy (non-hydrogen) atoms. The van der Waals surface area contributed by atoms with Crippen LogP contribution < -0.4 is 9.47 Å². The summed E-state index contributed by atoms with van der Waals surface area (Å²) in [5.74, 6) is 5.29. The van der Waals surface area contributed by atoms with Gasteiger partial charge in [0.15, 0.2) is 11.5 Å². The Morgan fingerprint density at radius 2 is 1.94 bits per heavy atom. The van der Waals surface area contributed by atoms with Gasteiger partial charge in [-0.1, -0.05) is 28.6 Å². The van der Waals surface area contributed by atoms with E-state index in [4.69, 9.17) is 39.1 Å². The zero-order valence-electron chi connectivity index (χ0n) is 9.39. The molecule has 1 N–H and O–H groups in total. The van der Waals surface area contributed by atoms with Gasteiger partial charge in [0.05, 0.1) is 11.2 Å². The average Bonchev–Trinajstić information content (AvgIpc) is 2.35. The Hall–Kier alpha value is -2.30. The van der Waals surface area contributed by atoms with Gasteiger partial charge in [0, 0.05) is 5.56 Å². The Bertz CT molecular complexity index is 526. The number of hydrogen-bond acceptors (Lipinski definition) is 4. The Morgan fingerprint density at radius 1 is 1.28 bits per heavy atom. The van der Waals surface area contributed by atoms with Crippen LogP contribution in [0.25, 0.3) is 0 Å². The fourth-order valence-corrected chi connectivity index (χ4v) is 1.48. The summed E-state index contributed by atoms with van der Waals surface area (Å²) in [6.45, 7) is 0.113. The number of oxime groups is 1. The molecule has 0 fully saturated rings. The van der Waals surface area contributed by atoms with Crippen molar-refractivity contribution in [3.05, 3.63) is 22.7 Å². The first-order valence-corrected chi connectivity index (χ1v) is 5.24. The highest BCUT2D eigenvalue weighted by Gasteiger charge is 2.12. The SMILES string of the molecule is C#CCOc1cc(C=NO)cc(Cl)c1OCC#C. The number of nitrogens with zero attached hydrogens (tertiary/aromatic N) is 1. The molecular weight excluding hydrogens is 254 g/mol. The quantitative estimate of drug-likeness (QED) is 0.383. The maximum absolute atomic E-state index is 8.48. The molecule has 0 aromatic heterocycles. The van der Waals surface area contributed by atoms with Gasteiger partial charge in [0.2, 0.25) is 0 Å². The van der Waals surface area contributed by atoms with E-state index in [0.29, 0.717) is 17.1 Å². The van der Waals surface area contributed by atoms with Crippen molar-refractivity contribution in [2.24, 2.45) is 5.16 Å². The molecule has 0 unspecified atom stereocenters. The molecule has 0 amide bonds. The van der Waals surface area contributed by atoms with Gasteiger partial charge < -0.3 is 14.7 Å². The van der Waals surface area contributed by atoms with E-state index in [-0.39, 0.29) is 18.2 Å². The van der Waals surface area contributed by atoms with Gasteiger partial charge in [0.1, 0.15) is 13.2 Å². The minimum absolute atomic E-state index is 0.0551. The van der Waals surface area contributed by atoms with Crippen LogP contribution in [0.4, 0.5) is 0 Å². The second-order valence-electron chi connectivity index (χ2n) is 3.06. The second-order valence-corrected chi connectivity index (χ2v) is 3.47. The van der Waals surface area contributed by atoms with Gasteiger partial charge >= 0.3 is 0 Å². The van der Waals surface area contributed by atoms with Crippen LogP contribution in [-0.4, -0.2) is 24.6 Å². The van der Waals surface area contributed by atoms with Crippen molar-refractivity contribution in [3.63, 3.8) is 0 Å². The third-order valence-electron chi connectivity index (χ3n) is 1.85. The molecule has 1 aromatic carbocycles. The molecule has 0 radical (unpaired) electrons. The molecule has 0 heterocycles. The summed E-state index contributed by atoms with van der Waals surface area (Å²) >= 11 is 6.02. The summed E-state index contributed by atoms with van der Waals surface area (Å²) in [5, 5.41) is 11.7. The zero-order valence-corrected chi connectivity index (χ0v) is 10.1. The van der Waals surface area contributed by atoms with Crippen LogP contribution in [0.15, 0.2) is 17.3 Å². The number of halogens is 1. The second kappa shape index (κ2) is 7.11. The van der Waals surface area contributed by atoms with Crippen LogP contribution in [-0.2, 0) is 0 Å². The van der Waals surface area contributed by atoms with Crippen LogP contribution in [0, 0.1) is 24.7 Å². The van der Waals surface area contributed by atoms with E-state index in [9.17, 15) is 0 Å². The fourth-order valence-electron chi connectivity index (χ4n) is 1.21. The highest BCUT2D eigenvalue weighted by Crippen LogP contribution is 2.36. The van der Waals surface area contributed by atoms with Crippen molar-refractivity contribution in [3.8, 4) is 36.2 Å². The molecule has 5 heteroatoms. The first kappa shape index (κ1) is 13.8. The molecule has 0 spiro atoms. The van der Waals surface area contributed by atoms with E-state index in [1.165, 1.54) is 6.21 Å². The average molecular weight is 264 g/mol. The third kappa shape index (κ3) is 3.62. The lowest BCUT2D eigenvalue weighted by Gasteiger charge is -2.12. The topological polar surface area (TPSA) is 51.0 Å². The van der Waals surface area contributed by atoms with Crippen LogP contribution in [0.5, 0.6) is 11.5 Å². The molecule has 0 saturated carbocycles. The molecule has 0 bridgehead atoms. The maximum Gasteiger partial charge on any atom is 0.181 e. The van der Waals surface area contributed by atoms with E-state index < -0.39 is 0 Å². The summed E-state index contributed by atoms with van der Waals surface area (Å²) in [4.78, 5) is 0. The lowest BCUT2D eigenvalue weighted by atomic mass is 10.2. The van der Waals surface area contributed by atoms with Gasteiger partial charge in [-0.25, -0.2) is 0 Å². The number of hydrogen-bond donors (Lipinski definition) is 1. The van der Waals surface area contributed by atoms with E-state index >= 15 is 0 Å². The van der Waals surface area contributed by atoms with E-state index in [0.717, 1.165) is 0 Å². The monoisotopic (exact) mass is 263 g/mol. The zero-order chi connectivity index (χ0) is 13.4. The summed E-state index contributed by atoms with van der Waals surface area (Å²) < 4.78 is 10.6. The fraction of sp³-hybridized carbons (Fsp3) is 0.154. The summed E-state index contributed by atoms with van der Waals surface area (Å²) in [5.41, 5.74) is 0.544.